The van der Waals surface area contributed by atoms with Gasteiger partial charge in [0.05, 0.1) is 17.2 Å². The van der Waals surface area contributed by atoms with Gasteiger partial charge in [0.25, 0.3) is 0 Å². The van der Waals surface area contributed by atoms with E-state index in [4.69, 9.17) is 21.4 Å². The number of hydrogen-bond acceptors (Lipinski definition) is 4. The molecule has 0 aliphatic rings. The number of hydrogen-bond donors (Lipinski definition) is 3. The molecule has 12 heteroatoms. The molecule has 3 rings (SSSR count). The van der Waals surface area contributed by atoms with E-state index in [-0.39, 0.29) is 33.3 Å². The van der Waals surface area contributed by atoms with Crippen LogP contribution in [0.25, 0.3) is 11.3 Å². The lowest BCUT2D eigenvalue weighted by molar-refractivity contribution is -0.153. The van der Waals surface area contributed by atoms with Crippen molar-refractivity contribution in [2.24, 2.45) is 0 Å². The number of alkyl halides is 3. The van der Waals surface area contributed by atoms with E-state index in [0.717, 1.165) is 18.2 Å². The fourth-order valence-corrected chi connectivity index (χ4v) is 3.30. The molecule has 0 radical (unpaired) electrons. The molecule has 0 fully saturated rings. The molecule has 3 aromatic rings. The van der Waals surface area contributed by atoms with Crippen molar-refractivity contribution in [3.8, 4) is 17.0 Å². The first-order valence-electron chi connectivity index (χ1n) is 9.91. The quantitative estimate of drug-likeness (QED) is 0.376. The fourth-order valence-electron chi connectivity index (χ4n) is 3.13. The fraction of sp³-hybridized carbons (Fsp3) is 0.174. The SMILES string of the molecule is CC(C(=O)Nc1ccc(C(=O)O)c(F)c1)c1c[nH]c(-c2cc(Cl)ccc2OCC(F)(F)F)cc1=O. The summed E-state index contributed by atoms with van der Waals surface area (Å²) in [5.74, 6) is -4.37. The van der Waals surface area contributed by atoms with Crippen molar-refractivity contribution in [3.05, 3.63) is 80.9 Å². The first-order chi connectivity index (χ1) is 16.4. The van der Waals surface area contributed by atoms with Gasteiger partial charge in [0.1, 0.15) is 11.6 Å². The maximum atomic E-state index is 13.9. The second-order valence-corrected chi connectivity index (χ2v) is 7.86. The van der Waals surface area contributed by atoms with Crippen LogP contribution >= 0.6 is 11.6 Å². The summed E-state index contributed by atoms with van der Waals surface area (Å²) in [6, 6.07) is 8.01. The predicted molar refractivity (Wildman–Crippen MR) is 119 cm³/mol. The Morgan fingerprint density at radius 1 is 1.17 bits per heavy atom. The molecule has 3 N–H and O–H groups in total. The van der Waals surface area contributed by atoms with E-state index in [1.165, 1.54) is 37.4 Å². The lowest BCUT2D eigenvalue weighted by atomic mass is 10.00. The van der Waals surface area contributed by atoms with Crippen LogP contribution in [-0.4, -0.2) is 34.8 Å². The van der Waals surface area contributed by atoms with Gasteiger partial charge in [0.15, 0.2) is 12.0 Å². The monoisotopic (exact) mass is 512 g/mol. The first-order valence-corrected chi connectivity index (χ1v) is 10.3. The highest BCUT2D eigenvalue weighted by Crippen LogP contribution is 2.32. The van der Waals surface area contributed by atoms with Gasteiger partial charge in [-0.15, -0.1) is 0 Å². The Hall–Kier alpha value is -3.86. The van der Waals surface area contributed by atoms with Gasteiger partial charge >= 0.3 is 12.1 Å². The third-order valence-electron chi connectivity index (χ3n) is 4.89. The number of ether oxygens (including phenoxy) is 1. The maximum Gasteiger partial charge on any atom is 0.422 e. The Balaban J connectivity index is 1.84. The standard InChI is InChI=1S/C23H17ClF4N2O5/c1-11(21(32)30-13-3-4-14(22(33)34)17(25)7-13)16-9-29-18(8-19(16)31)15-6-12(24)2-5-20(15)35-10-23(26,27)28/h2-9,11H,10H2,1H3,(H,29,31)(H,30,32)(H,33,34). The average molecular weight is 513 g/mol. The lowest BCUT2D eigenvalue weighted by Crippen LogP contribution is -2.24. The van der Waals surface area contributed by atoms with Gasteiger partial charge in [-0.1, -0.05) is 11.6 Å². The highest BCUT2D eigenvalue weighted by atomic mass is 35.5. The number of benzene rings is 2. The molecule has 1 heterocycles. The van der Waals surface area contributed by atoms with Gasteiger partial charge in [0, 0.05) is 34.1 Å². The summed E-state index contributed by atoms with van der Waals surface area (Å²) < 4.78 is 56.4. The van der Waals surface area contributed by atoms with Crippen molar-refractivity contribution >= 4 is 29.2 Å². The van der Waals surface area contributed by atoms with Gasteiger partial charge in [-0.2, -0.15) is 13.2 Å². The number of pyridine rings is 1. The van der Waals surface area contributed by atoms with Crippen LogP contribution in [0.15, 0.2) is 53.5 Å². The van der Waals surface area contributed by atoms with Crippen LogP contribution in [0.1, 0.15) is 28.8 Å². The van der Waals surface area contributed by atoms with Gasteiger partial charge in [-0.05, 0) is 43.3 Å². The maximum absolute atomic E-state index is 13.9. The van der Waals surface area contributed by atoms with Crippen LogP contribution < -0.4 is 15.5 Å². The van der Waals surface area contributed by atoms with Crippen molar-refractivity contribution in [1.82, 2.24) is 4.98 Å². The highest BCUT2D eigenvalue weighted by molar-refractivity contribution is 6.31. The van der Waals surface area contributed by atoms with Crippen molar-refractivity contribution < 1.29 is 37.0 Å². The molecule has 2 aromatic carbocycles. The van der Waals surface area contributed by atoms with E-state index in [1.807, 2.05) is 0 Å². The van der Waals surface area contributed by atoms with E-state index in [0.29, 0.717) is 0 Å². The molecule has 1 unspecified atom stereocenters. The minimum absolute atomic E-state index is 0.0113. The van der Waals surface area contributed by atoms with Gasteiger partial charge in [0.2, 0.25) is 5.91 Å². The highest BCUT2D eigenvalue weighted by Gasteiger charge is 2.29. The van der Waals surface area contributed by atoms with Crippen LogP contribution in [0.2, 0.25) is 5.02 Å². The minimum atomic E-state index is -4.58. The van der Waals surface area contributed by atoms with Crippen LogP contribution in [0, 0.1) is 5.82 Å². The van der Waals surface area contributed by atoms with Crippen LogP contribution in [0.5, 0.6) is 5.75 Å². The largest absolute Gasteiger partial charge is 0.483 e. The topological polar surface area (TPSA) is 108 Å². The molecule has 1 aromatic heterocycles. The van der Waals surface area contributed by atoms with Gasteiger partial charge in [-0.25, -0.2) is 9.18 Å². The Labute approximate surface area is 200 Å². The third-order valence-corrected chi connectivity index (χ3v) is 5.13. The molecule has 7 nitrogen and oxygen atoms in total. The van der Waals surface area contributed by atoms with Crippen LogP contribution in [0.3, 0.4) is 0 Å². The van der Waals surface area contributed by atoms with E-state index in [9.17, 15) is 31.9 Å². The normalized spacial score (nSPS) is 12.2. The molecular formula is C23H17ClF4N2O5. The molecule has 1 amide bonds. The number of carbonyl (C=O) groups is 2. The Morgan fingerprint density at radius 2 is 1.89 bits per heavy atom. The number of aromatic amines is 1. The Kier molecular flexibility index (Phi) is 7.49. The van der Waals surface area contributed by atoms with Gasteiger partial charge < -0.3 is 20.1 Å². The van der Waals surface area contributed by atoms with E-state index >= 15 is 0 Å². The number of rotatable bonds is 7. The summed E-state index contributed by atoms with van der Waals surface area (Å²) in [5, 5.41) is 11.5. The molecule has 0 bridgehead atoms. The Bertz CT molecular complexity index is 1340. The molecule has 0 aliphatic carbocycles. The summed E-state index contributed by atoms with van der Waals surface area (Å²) in [6.07, 6.45) is -3.35. The minimum Gasteiger partial charge on any atom is -0.483 e. The number of nitrogens with one attached hydrogen (secondary N) is 2. The molecule has 1 atom stereocenters. The number of aromatic nitrogens is 1. The van der Waals surface area contributed by atoms with Crippen molar-refractivity contribution in [2.45, 2.75) is 19.0 Å². The second kappa shape index (κ2) is 10.2. The first kappa shape index (κ1) is 25.8. The summed E-state index contributed by atoms with van der Waals surface area (Å²) in [7, 11) is 0. The third kappa shape index (κ3) is 6.38. The molecular weight excluding hydrogens is 496 g/mol. The number of aromatic carboxylic acids is 1. The van der Waals surface area contributed by atoms with Crippen molar-refractivity contribution in [1.29, 1.82) is 0 Å². The number of amides is 1. The molecule has 0 saturated carbocycles. The Morgan fingerprint density at radius 3 is 2.49 bits per heavy atom. The number of carboxylic acid groups (broad SMARTS) is 1. The average Bonchev–Trinajstić information content (AvgIpc) is 2.77. The number of anilines is 1. The van der Waals surface area contributed by atoms with Crippen molar-refractivity contribution in [3.63, 3.8) is 0 Å². The lowest BCUT2D eigenvalue weighted by Gasteiger charge is -2.15. The number of carboxylic acids is 1. The van der Waals surface area contributed by atoms with Gasteiger partial charge in [-0.3, -0.25) is 9.59 Å². The molecule has 0 saturated heterocycles. The number of carbonyl (C=O) groups excluding carboxylic acids is 1. The summed E-state index contributed by atoms with van der Waals surface area (Å²) in [5.41, 5.74) is -0.941. The van der Waals surface area contributed by atoms with E-state index in [1.54, 1.807) is 0 Å². The summed E-state index contributed by atoms with van der Waals surface area (Å²) >= 11 is 5.95. The molecule has 184 valence electrons. The van der Waals surface area contributed by atoms with Crippen molar-refractivity contribution in [2.75, 3.05) is 11.9 Å². The van der Waals surface area contributed by atoms with E-state index in [2.05, 4.69) is 10.3 Å². The molecule has 35 heavy (non-hydrogen) atoms. The zero-order valence-electron chi connectivity index (χ0n) is 17.9. The van der Waals surface area contributed by atoms with Crippen LogP contribution in [-0.2, 0) is 4.79 Å². The zero-order valence-corrected chi connectivity index (χ0v) is 18.6. The zero-order chi connectivity index (χ0) is 25.9. The summed E-state index contributed by atoms with van der Waals surface area (Å²) in [6.45, 7) is -0.131. The molecule has 0 spiro atoms. The predicted octanol–water partition coefficient (Wildman–Crippen LogP) is 5.22. The second-order valence-electron chi connectivity index (χ2n) is 7.42. The van der Waals surface area contributed by atoms with Crippen LogP contribution in [0.4, 0.5) is 23.2 Å². The summed E-state index contributed by atoms with van der Waals surface area (Å²) in [4.78, 5) is 39.0. The number of H-pyrrole nitrogens is 1. The van der Waals surface area contributed by atoms with E-state index < -0.39 is 47.4 Å². The smallest absolute Gasteiger partial charge is 0.422 e. The number of halogens is 5. The molecule has 0 aliphatic heterocycles.